The predicted octanol–water partition coefficient (Wildman–Crippen LogP) is 3.28. The minimum Gasteiger partial charge on any atom is -0.381 e. The van der Waals surface area contributed by atoms with E-state index in [1.165, 1.54) is 44.1 Å². The Bertz CT molecular complexity index is 535. The van der Waals surface area contributed by atoms with Gasteiger partial charge < -0.3 is 10.6 Å². The first-order chi connectivity index (χ1) is 10.3. The van der Waals surface area contributed by atoms with E-state index < -0.39 is 0 Å². The molecule has 1 aromatic rings. The Morgan fingerprint density at radius 3 is 2.95 bits per heavy atom. The number of carbonyl (C=O) groups is 1. The van der Waals surface area contributed by atoms with Gasteiger partial charge in [-0.3, -0.25) is 9.78 Å². The Labute approximate surface area is 126 Å². The van der Waals surface area contributed by atoms with Crippen molar-refractivity contribution >= 4 is 11.6 Å². The molecule has 1 fully saturated rings. The smallest absolute Gasteiger partial charge is 0.252 e. The maximum Gasteiger partial charge on any atom is 0.252 e. The molecule has 0 unspecified atom stereocenters. The molecule has 0 atom stereocenters. The van der Waals surface area contributed by atoms with Crippen LogP contribution in [0.2, 0.25) is 0 Å². The number of carbonyl (C=O) groups excluding carboxylic acids is 1. The average molecular weight is 285 g/mol. The van der Waals surface area contributed by atoms with E-state index in [0.29, 0.717) is 18.2 Å². The van der Waals surface area contributed by atoms with Gasteiger partial charge in [0.25, 0.3) is 5.91 Å². The topological polar surface area (TPSA) is 54.0 Å². The number of rotatable bonds is 6. The third kappa shape index (κ3) is 4.31. The summed E-state index contributed by atoms with van der Waals surface area (Å²) < 4.78 is 0. The third-order valence-corrected chi connectivity index (χ3v) is 4.07. The minimum absolute atomic E-state index is 0.0293. The molecule has 0 spiro atoms. The molecule has 2 aliphatic rings. The fourth-order valence-electron chi connectivity index (χ4n) is 2.68. The molecule has 21 heavy (non-hydrogen) atoms. The normalized spacial score (nSPS) is 18.0. The molecule has 4 heteroatoms. The highest BCUT2D eigenvalue weighted by Crippen LogP contribution is 2.24. The second kappa shape index (κ2) is 6.74. The molecular formula is C17H23N3O. The first kappa shape index (κ1) is 14.1. The zero-order valence-electron chi connectivity index (χ0n) is 12.4. The van der Waals surface area contributed by atoms with Crippen molar-refractivity contribution in [2.45, 2.75) is 51.0 Å². The fraction of sp³-hybridized carbons (Fsp3) is 0.529. The second-order valence-corrected chi connectivity index (χ2v) is 5.99. The molecule has 0 saturated heterocycles. The van der Waals surface area contributed by atoms with Gasteiger partial charge >= 0.3 is 0 Å². The van der Waals surface area contributed by atoms with Gasteiger partial charge in [-0.15, -0.1) is 0 Å². The highest BCUT2D eigenvalue weighted by molar-refractivity contribution is 5.94. The summed E-state index contributed by atoms with van der Waals surface area (Å²) in [6.45, 7) is 0.713. The number of allylic oxidation sites excluding steroid dienone is 1. The van der Waals surface area contributed by atoms with Gasteiger partial charge in [0.1, 0.15) is 0 Å². The fourth-order valence-corrected chi connectivity index (χ4v) is 2.68. The maximum atomic E-state index is 12.1. The molecular weight excluding hydrogens is 262 g/mol. The maximum absolute atomic E-state index is 12.1. The SMILES string of the molecule is O=C(NCCC1=CCCCC1)c1cncc(NC2CC2)c1. The molecule has 0 bridgehead atoms. The van der Waals surface area contributed by atoms with E-state index >= 15 is 0 Å². The van der Waals surface area contributed by atoms with E-state index in [0.717, 1.165) is 12.1 Å². The Kier molecular flexibility index (Phi) is 4.53. The highest BCUT2D eigenvalue weighted by atomic mass is 16.1. The van der Waals surface area contributed by atoms with Crippen LogP contribution in [0.15, 0.2) is 30.1 Å². The molecule has 1 saturated carbocycles. The minimum atomic E-state index is -0.0293. The van der Waals surface area contributed by atoms with E-state index in [1.54, 1.807) is 12.4 Å². The van der Waals surface area contributed by atoms with Crippen LogP contribution in [0, 0.1) is 0 Å². The highest BCUT2D eigenvalue weighted by Gasteiger charge is 2.21. The lowest BCUT2D eigenvalue weighted by atomic mass is 9.97. The van der Waals surface area contributed by atoms with Crippen LogP contribution in [0.4, 0.5) is 5.69 Å². The summed E-state index contributed by atoms with van der Waals surface area (Å²) in [5, 5.41) is 6.36. The monoisotopic (exact) mass is 285 g/mol. The molecule has 2 N–H and O–H groups in total. The Hall–Kier alpha value is -1.84. The summed E-state index contributed by atoms with van der Waals surface area (Å²) in [7, 11) is 0. The summed E-state index contributed by atoms with van der Waals surface area (Å²) in [4.78, 5) is 16.3. The second-order valence-electron chi connectivity index (χ2n) is 5.99. The largest absolute Gasteiger partial charge is 0.381 e. The molecule has 1 heterocycles. The lowest BCUT2D eigenvalue weighted by Gasteiger charge is -2.13. The molecule has 0 radical (unpaired) electrons. The van der Waals surface area contributed by atoms with Gasteiger partial charge in [0.2, 0.25) is 0 Å². The molecule has 3 rings (SSSR count). The van der Waals surface area contributed by atoms with E-state index in [1.807, 2.05) is 6.07 Å². The molecule has 1 amide bonds. The number of aromatic nitrogens is 1. The van der Waals surface area contributed by atoms with Gasteiger partial charge in [-0.05, 0) is 51.0 Å². The molecule has 0 aliphatic heterocycles. The Balaban J connectivity index is 1.48. The van der Waals surface area contributed by atoms with E-state index in [2.05, 4.69) is 21.7 Å². The van der Waals surface area contributed by atoms with Crippen LogP contribution in [0.1, 0.15) is 55.3 Å². The zero-order valence-corrected chi connectivity index (χ0v) is 12.4. The summed E-state index contributed by atoms with van der Waals surface area (Å²) in [6.07, 6.45) is 14.1. The number of hydrogen-bond acceptors (Lipinski definition) is 3. The quantitative estimate of drug-likeness (QED) is 0.789. The molecule has 1 aromatic heterocycles. The molecule has 2 aliphatic carbocycles. The van der Waals surface area contributed by atoms with Gasteiger partial charge in [-0.2, -0.15) is 0 Å². The van der Waals surface area contributed by atoms with Crippen molar-refractivity contribution in [3.63, 3.8) is 0 Å². The van der Waals surface area contributed by atoms with Crippen LogP contribution in [-0.4, -0.2) is 23.5 Å². The first-order valence-electron chi connectivity index (χ1n) is 7.99. The number of pyridine rings is 1. The lowest BCUT2D eigenvalue weighted by molar-refractivity contribution is 0.0953. The third-order valence-electron chi connectivity index (χ3n) is 4.07. The summed E-state index contributed by atoms with van der Waals surface area (Å²) in [5.41, 5.74) is 3.07. The summed E-state index contributed by atoms with van der Waals surface area (Å²) in [5.74, 6) is -0.0293. The number of anilines is 1. The van der Waals surface area contributed by atoms with Gasteiger partial charge in [0.15, 0.2) is 0 Å². The van der Waals surface area contributed by atoms with Gasteiger partial charge in [0.05, 0.1) is 11.3 Å². The van der Waals surface area contributed by atoms with Crippen molar-refractivity contribution in [2.75, 3.05) is 11.9 Å². The average Bonchev–Trinajstić information content (AvgIpc) is 3.32. The van der Waals surface area contributed by atoms with Gasteiger partial charge in [0, 0.05) is 25.0 Å². The number of nitrogens with one attached hydrogen (secondary N) is 2. The number of nitrogens with zero attached hydrogens (tertiary/aromatic N) is 1. The van der Waals surface area contributed by atoms with E-state index in [-0.39, 0.29) is 5.91 Å². The first-order valence-corrected chi connectivity index (χ1v) is 7.99. The van der Waals surface area contributed by atoms with Crippen LogP contribution in [0.3, 0.4) is 0 Å². The van der Waals surface area contributed by atoms with Crippen LogP contribution >= 0.6 is 0 Å². The van der Waals surface area contributed by atoms with Crippen molar-refractivity contribution in [1.82, 2.24) is 10.3 Å². The van der Waals surface area contributed by atoms with Crippen LogP contribution in [-0.2, 0) is 0 Å². The van der Waals surface area contributed by atoms with Crippen molar-refractivity contribution in [1.29, 1.82) is 0 Å². The number of hydrogen-bond donors (Lipinski definition) is 2. The lowest BCUT2D eigenvalue weighted by Crippen LogP contribution is -2.25. The van der Waals surface area contributed by atoms with Crippen LogP contribution in [0.25, 0.3) is 0 Å². The Morgan fingerprint density at radius 1 is 1.29 bits per heavy atom. The standard InChI is InChI=1S/C17H23N3O/c21-17(19-9-8-13-4-2-1-3-5-13)14-10-16(12-18-11-14)20-15-6-7-15/h4,10-12,15,20H,1-3,5-9H2,(H,19,21). The van der Waals surface area contributed by atoms with E-state index in [9.17, 15) is 4.79 Å². The van der Waals surface area contributed by atoms with E-state index in [4.69, 9.17) is 0 Å². The van der Waals surface area contributed by atoms with Gasteiger partial charge in [-0.25, -0.2) is 0 Å². The van der Waals surface area contributed by atoms with Crippen molar-refractivity contribution in [3.8, 4) is 0 Å². The van der Waals surface area contributed by atoms with Crippen LogP contribution in [0.5, 0.6) is 0 Å². The Morgan fingerprint density at radius 2 is 2.19 bits per heavy atom. The predicted molar refractivity (Wildman–Crippen MR) is 84.4 cm³/mol. The zero-order chi connectivity index (χ0) is 14.5. The van der Waals surface area contributed by atoms with Crippen molar-refractivity contribution < 1.29 is 4.79 Å². The van der Waals surface area contributed by atoms with Crippen LogP contribution < -0.4 is 10.6 Å². The molecule has 4 nitrogen and oxygen atoms in total. The molecule has 112 valence electrons. The number of amides is 1. The van der Waals surface area contributed by atoms with Gasteiger partial charge in [-0.1, -0.05) is 11.6 Å². The summed E-state index contributed by atoms with van der Waals surface area (Å²) in [6, 6.07) is 2.46. The van der Waals surface area contributed by atoms with Crippen molar-refractivity contribution in [2.24, 2.45) is 0 Å². The van der Waals surface area contributed by atoms with Crippen molar-refractivity contribution in [3.05, 3.63) is 35.7 Å². The summed E-state index contributed by atoms with van der Waals surface area (Å²) >= 11 is 0. The molecule has 0 aromatic carbocycles.